The van der Waals surface area contributed by atoms with Crippen molar-refractivity contribution in [3.05, 3.63) is 26.4 Å². The first-order chi connectivity index (χ1) is 11.2. The Morgan fingerprint density at radius 2 is 1.60 bits per heavy atom. The molecule has 2 amide bonds. The maximum Gasteiger partial charge on any atom is 0.425 e. The van der Waals surface area contributed by atoms with E-state index in [4.69, 9.17) is 0 Å². The van der Waals surface area contributed by atoms with Crippen LogP contribution in [0.1, 0.15) is 26.3 Å². The third-order valence-electron chi connectivity index (χ3n) is 4.02. The average molecular weight is 362 g/mol. The number of anilines is 1. The van der Waals surface area contributed by atoms with Crippen LogP contribution in [0, 0.1) is 5.41 Å². The number of nitrogens with zero attached hydrogens (tertiary/aromatic N) is 2. The molecular formula is C14H17F3N4O4. The normalized spacial score (nSPS) is 20.2. The molecule has 11 heteroatoms. The molecule has 1 aliphatic rings. The number of rotatable bonds is 1. The zero-order valence-electron chi connectivity index (χ0n) is 14.2. The summed E-state index contributed by atoms with van der Waals surface area (Å²) in [6, 6.07) is 0. The summed E-state index contributed by atoms with van der Waals surface area (Å²) >= 11 is 0. The lowest BCUT2D eigenvalue weighted by Crippen LogP contribution is -2.63. The van der Waals surface area contributed by atoms with E-state index in [2.05, 4.69) is 0 Å². The van der Waals surface area contributed by atoms with Gasteiger partial charge in [0.05, 0.1) is 0 Å². The Labute approximate surface area is 139 Å². The van der Waals surface area contributed by atoms with Gasteiger partial charge in [0, 0.05) is 19.5 Å². The van der Waals surface area contributed by atoms with Crippen LogP contribution in [0.2, 0.25) is 0 Å². The Kier molecular flexibility index (Phi) is 3.90. The molecular weight excluding hydrogens is 345 g/mol. The minimum absolute atomic E-state index is 0.447. The van der Waals surface area contributed by atoms with E-state index < -0.39 is 51.6 Å². The maximum atomic E-state index is 13.9. The van der Waals surface area contributed by atoms with Crippen molar-refractivity contribution in [3.8, 4) is 0 Å². The van der Waals surface area contributed by atoms with Crippen molar-refractivity contribution >= 4 is 17.6 Å². The number of fused-ring (bicyclic) bond motifs is 1. The summed E-state index contributed by atoms with van der Waals surface area (Å²) < 4.78 is 42.9. The van der Waals surface area contributed by atoms with Gasteiger partial charge in [-0.3, -0.25) is 23.5 Å². The van der Waals surface area contributed by atoms with Gasteiger partial charge in [-0.1, -0.05) is 20.8 Å². The average Bonchev–Trinajstić information content (AvgIpc) is 2.76. The first kappa shape index (κ1) is 18.7. The Bertz CT molecular complexity index is 892. The maximum absolute atomic E-state index is 13.9. The minimum Gasteiger partial charge on any atom is -0.330 e. The van der Waals surface area contributed by atoms with Gasteiger partial charge in [0.15, 0.2) is 0 Å². The van der Waals surface area contributed by atoms with Gasteiger partial charge in [0.25, 0.3) is 11.5 Å². The number of carbonyl (C=O) groups is 2. The summed E-state index contributed by atoms with van der Waals surface area (Å²) in [5.74, 6) is -3.32. The highest BCUT2D eigenvalue weighted by Crippen LogP contribution is 2.45. The lowest BCUT2D eigenvalue weighted by Gasteiger charge is -2.32. The SMILES string of the molecule is Cn1c2c(c(=O)n(C)c1=O)[C@](NC(=O)C(C)(C)C)(C(F)(F)F)C(=O)N2. The molecule has 2 heterocycles. The van der Waals surface area contributed by atoms with Crippen LogP contribution < -0.4 is 21.9 Å². The molecule has 1 atom stereocenters. The van der Waals surface area contributed by atoms with E-state index in [0.29, 0.717) is 9.13 Å². The van der Waals surface area contributed by atoms with Crippen molar-refractivity contribution in [1.82, 2.24) is 14.5 Å². The summed E-state index contributed by atoms with van der Waals surface area (Å²) in [4.78, 5) is 48.8. The summed E-state index contributed by atoms with van der Waals surface area (Å²) in [5.41, 5.74) is -8.10. The Hall–Kier alpha value is -2.59. The summed E-state index contributed by atoms with van der Waals surface area (Å²) in [6.07, 6.45) is -5.31. The van der Waals surface area contributed by atoms with Crippen LogP contribution in [0.5, 0.6) is 0 Å². The second-order valence-electron chi connectivity index (χ2n) is 6.84. The Morgan fingerprint density at radius 1 is 1.08 bits per heavy atom. The summed E-state index contributed by atoms with van der Waals surface area (Å²) in [6.45, 7) is 4.08. The monoisotopic (exact) mass is 362 g/mol. The van der Waals surface area contributed by atoms with Gasteiger partial charge in [0.2, 0.25) is 11.4 Å². The van der Waals surface area contributed by atoms with Crippen molar-refractivity contribution in [2.75, 3.05) is 5.32 Å². The second-order valence-corrected chi connectivity index (χ2v) is 6.84. The van der Waals surface area contributed by atoms with Gasteiger partial charge in [-0.05, 0) is 0 Å². The third-order valence-corrected chi connectivity index (χ3v) is 4.02. The van der Waals surface area contributed by atoms with Gasteiger partial charge in [-0.2, -0.15) is 13.2 Å². The van der Waals surface area contributed by atoms with Gasteiger partial charge in [0.1, 0.15) is 11.4 Å². The van der Waals surface area contributed by atoms with Crippen LogP contribution in [0.4, 0.5) is 19.0 Å². The van der Waals surface area contributed by atoms with Crippen LogP contribution in [0.15, 0.2) is 9.59 Å². The molecule has 2 N–H and O–H groups in total. The molecule has 0 spiro atoms. The molecule has 0 saturated carbocycles. The number of carbonyl (C=O) groups excluding carboxylic acids is 2. The number of amides is 2. The van der Waals surface area contributed by atoms with Crippen LogP contribution >= 0.6 is 0 Å². The van der Waals surface area contributed by atoms with E-state index in [1.54, 1.807) is 5.32 Å². The topological polar surface area (TPSA) is 102 Å². The van der Waals surface area contributed by atoms with E-state index in [0.717, 1.165) is 14.1 Å². The first-order valence-corrected chi connectivity index (χ1v) is 7.17. The quantitative estimate of drug-likeness (QED) is 0.732. The molecule has 0 aliphatic carbocycles. The fraction of sp³-hybridized carbons (Fsp3) is 0.571. The fourth-order valence-corrected chi connectivity index (χ4v) is 2.46. The fourth-order valence-electron chi connectivity index (χ4n) is 2.46. The summed E-state index contributed by atoms with van der Waals surface area (Å²) in [5, 5.41) is 3.59. The van der Waals surface area contributed by atoms with Crippen molar-refractivity contribution in [3.63, 3.8) is 0 Å². The van der Waals surface area contributed by atoms with Crippen molar-refractivity contribution in [2.24, 2.45) is 19.5 Å². The molecule has 0 unspecified atom stereocenters. The molecule has 8 nitrogen and oxygen atoms in total. The molecule has 1 aliphatic heterocycles. The van der Waals surface area contributed by atoms with Gasteiger partial charge in [-0.25, -0.2) is 4.79 Å². The van der Waals surface area contributed by atoms with Crippen LogP contribution in [0.3, 0.4) is 0 Å². The molecule has 138 valence electrons. The predicted octanol–water partition coefficient (Wildman–Crippen LogP) is -0.0440. The molecule has 1 aromatic rings. The smallest absolute Gasteiger partial charge is 0.330 e. The van der Waals surface area contributed by atoms with E-state index in [1.165, 1.54) is 20.8 Å². The van der Waals surface area contributed by atoms with Crippen LogP contribution in [-0.2, 0) is 29.2 Å². The number of alkyl halides is 3. The number of aromatic nitrogens is 2. The highest BCUT2D eigenvalue weighted by atomic mass is 19.4. The van der Waals surface area contributed by atoms with E-state index >= 15 is 0 Å². The van der Waals surface area contributed by atoms with E-state index in [9.17, 15) is 32.3 Å². The number of hydrogen-bond donors (Lipinski definition) is 2. The van der Waals surface area contributed by atoms with Crippen molar-refractivity contribution in [2.45, 2.75) is 32.5 Å². The molecule has 0 fully saturated rings. The highest BCUT2D eigenvalue weighted by molar-refractivity contribution is 6.07. The first-order valence-electron chi connectivity index (χ1n) is 7.17. The standard InChI is InChI=1S/C14H17F3N4O4/c1-12(2,3)9(23)19-13(14(15,16)17)6-7(18-10(13)24)20(4)11(25)21(5)8(6)22/h1-5H3,(H,18,24)(H,19,23)/t13-/m1/s1. The lowest BCUT2D eigenvalue weighted by atomic mass is 9.88. The second kappa shape index (κ2) is 5.20. The molecule has 0 bridgehead atoms. The summed E-state index contributed by atoms with van der Waals surface area (Å²) in [7, 11) is 2.10. The van der Waals surface area contributed by atoms with Crippen molar-refractivity contribution in [1.29, 1.82) is 0 Å². The van der Waals surface area contributed by atoms with E-state index in [1.807, 2.05) is 5.32 Å². The van der Waals surface area contributed by atoms with Crippen LogP contribution in [-0.4, -0.2) is 27.1 Å². The van der Waals surface area contributed by atoms with E-state index in [-0.39, 0.29) is 0 Å². The Balaban J connectivity index is 2.91. The zero-order chi connectivity index (χ0) is 19.5. The zero-order valence-corrected chi connectivity index (χ0v) is 14.2. The molecule has 0 aromatic carbocycles. The van der Waals surface area contributed by atoms with Gasteiger partial charge >= 0.3 is 11.9 Å². The van der Waals surface area contributed by atoms with Gasteiger partial charge in [-0.15, -0.1) is 0 Å². The van der Waals surface area contributed by atoms with Gasteiger partial charge < -0.3 is 10.6 Å². The molecule has 0 radical (unpaired) electrons. The molecule has 1 aromatic heterocycles. The highest BCUT2D eigenvalue weighted by Gasteiger charge is 2.68. The number of nitrogens with one attached hydrogen (secondary N) is 2. The number of halogens is 3. The largest absolute Gasteiger partial charge is 0.425 e. The lowest BCUT2D eigenvalue weighted by molar-refractivity contribution is -0.202. The Morgan fingerprint density at radius 3 is 2.04 bits per heavy atom. The van der Waals surface area contributed by atoms with Crippen molar-refractivity contribution < 1.29 is 22.8 Å². The molecule has 0 saturated heterocycles. The minimum atomic E-state index is -5.31. The predicted molar refractivity (Wildman–Crippen MR) is 80.9 cm³/mol. The molecule has 2 rings (SSSR count). The van der Waals surface area contributed by atoms with Crippen LogP contribution in [0.25, 0.3) is 0 Å². The molecule has 25 heavy (non-hydrogen) atoms. The third kappa shape index (κ3) is 2.45. The number of hydrogen-bond acceptors (Lipinski definition) is 4.